The standard InChI is InChI=1S/C18H18F4N2/c19-16-4-6-17(7-5-16)24-10-8-23(9-11-24)13-14-2-1-3-15(12-14)18(20,21)22/h1-7,12H,8-11,13H2/p+1. The molecule has 1 aliphatic heterocycles. The number of alkyl halides is 3. The van der Waals surface area contributed by atoms with Crippen LogP contribution in [0.3, 0.4) is 0 Å². The van der Waals surface area contributed by atoms with Gasteiger partial charge in [-0.3, -0.25) is 0 Å². The summed E-state index contributed by atoms with van der Waals surface area (Å²) in [6.07, 6.45) is -4.30. The summed E-state index contributed by atoms with van der Waals surface area (Å²) in [6, 6.07) is 11.9. The van der Waals surface area contributed by atoms with Crippen LogP contribution < -0.4 is 9.80 Å². The molecule has 0 aromatic heterocycles. The van der Waals surface area contributed by atoms with E-state index in [0.717, 1.165) is 37.9 Å². The van der Waals surface area contributed by atoms with E-state index in [9.17, 15) is 17.6 Å². The zero-order valence-electron chi connectivity index (χ0n) is 13.1. The van der Waals surface area contributed by atoms with Gasteiger partial charge in [0.25, 0.3) is 0 Å². The lowest BCUT2D eigenvalue weighted by atomic mass is 10.1. The summed E-state index contributed by atoms with van der Waals surface area (Å²) >= 11 is 0. The van der Waals surface area contributed by atoms with E-state index in [1.165, 1.54) is 29.2 Å². The average Bonchev–Trinajstić information content (AvgIpc) is 2.56. The van der Waals surface area contributed by atoms with Gasteiger partial charge in [-0.25, -0.2) is 4.39 Å². The van der Waals surface area contributed by atoms with E-state index in [4.69, 9.17) is 0 Å². The summed E-state index contributed by atoms with van der Waals surface area (Å²) in [4.78, 5) is 3.43. The van der Waals surface area contributed by atoms with Crippen LogP contribution >= 0.6 is 0 Å². The predicted molar refractivity (Wildman–Crippen MR) is 84.5 cm³/mol. The quantitative estimate of drug-likeness (QED) is 0.845. The zero-order valence-corrected chi connectivity index (χ0v) is 13.1. The molecule has 3 rings (SSSR count). The lowest BCUT2D eigenvalue weighted by Crippen LogP contribution is -3.13. The Kier molecular flexibility index (Phi) is 4.76. The van der Waals surface area contributed by atoms with E-state index in [-0.39, 0.29) is 5.82 Å². The molecule has 0 radical (unpaired) electrons. The Morgan fingerprint density at radius 2 is 1.62 bits per heavy atom. The smallest absolute Gasteiger partial charge is 0.360 e. The topological polar surface area (TPSA) is 7.68 Å². The van der Waals surface area contributed by atoms with Gasteiger partial charge in [0.05, 0.1) is 31.7 Å². The van der Waals surface area contributed by atoms with Gasteiger partial charge in [0.2, 0.25) is 0 Å². The Morgan fingerprint density at radius 3 is 2.25 bits per heavy atom. The maximum Gasteiger partial charge on any atom is 0.416 e. The normalized spacial score (nSPS) is 16.4. The molecule has 0 unspecified atom stereocenters. The summed E-state index contributed by atoms with van der Waals surface area (Å²) < 4.78 is 51.3. The van der Waals surface area contributed by atoms with Gasteiger partial charge in [-0.1, -0.05) is 12.1 Å². The first-order chi connectivity index (χ1) is 11.4. The van der Waals surface area contributed by atoms with Crippen LogP contribution in [0, 0.1) is 5.82 Å². The third kappa shape index (κ3) is 4.06. The number of piperazine rings is 1. The summed E-state index contributed by atoms with van der Waals surface area (Å²) in [6.45, 7) is 3.88. The van der Waals surface area contributed by atoms with Crippen LogP contribution in [0.25, 0.3) is 0 Å². The van der Waals surface area contributed by atoms with Crippen LogP contribution in [-0.2, 0) is 12.7 Å². The lowest BCUT2D eigenvalue weighted by Gasteiger charge is -2.33. The van der Waals surface area contributed by atoms with Crippen LogP contribution in [0.2, 0.25) is 0 Å². The second-order valence-electron chi connectivity index (χ2n) is 6.09. The van der Waals surface area contributed by atoms with Crippen molar-refractivity contribution in [2.45, 2.75) is 12.7 Å². The second kappa shape index (κ2) is 6.81. The monoisotopic (exact) mass is 339 g/mol. The first-order valence-corrected chi connectivity index (χ1v) is 7.92. The first-order valence-electron chi connectivity index (χ1n) is 7.92. The fourth-order valence-corrected chi connectivity index (χ4v) is 3.06. The minimum absolute atomic E-state index is 0.257. The number of nitrogens with zero attached hydrogens (tertiary/aromatic N) is 1. The van der Waals surface area contributed by atoms with Crippen molar-refractivity contribution in [3.63, 3.8) is 0 Å². The molecule has 1 aliphatic rings. The summed E-state index contributed by atoms with van der Waals surface area (Å²) in [7, 11) is 0. The lowest BCUT2D eigenvalue weighted by molar-refractivity contribution is -0.914. The highest BCUT2D eigenvalue weighted by atomic mass is 19.4. The highest BCUT2D eigenvalue weighted by molar-refractivity contribution is 5.46. The number of rotatable bonds is 3. The van der Waals surface area contributed by atoms with Gasteiger partial charge in [-0.15, -0.1) is 0 Å². The van der Waals surface area contributed by atoms with Crippen molar-refractivity contribution in [2.24, 2.45) is 0 Å². The Bertz CT molecular complexity index is 674. The largest absolute Gasteiger partial charge is 0.416 e. The van der Waals surface area contributed by atoms with Gasteiger partial charge >= 0.3 is 6.18 Å². The SMILES string of the molecule is Fc1ccc(N2CC[NH+](Cc3cccc(C(F)(F)F)c3)CC2)cc1. The molecule has 6 heteroatoms. The van der Waals surface area contributed by atoms with Crippen LogP contribution in [0.4, 0.5) is 23.2 Å². The van der Waals surface area contributed by atoms with Gasteiger partial charge < -0.3 is 9.80 Å². The number of hydrogen-bond acceptors (Lipinski definition) is 1. The van der Waals surface area contributed by atoms with Crippen LogP contribution in [0.1, 0.15) is 11.1 Å². The van der Waals surface area contributed by atoms with E-state index >= 15 is 0 Å². The van der Waals surface area contributed by atoms with Crippen molar-refractivity contribution >= 4 is 5.69 Å². The van der Waals surface area contributed by atoms with Crippen molar-refractivity contribution in [3.05, 3.63) is 65.5 Å². The van der Waals surface area contributed by atoms with Crippen molar-refractivity contribution in [1.29, 1.82) is 0 Å². The van der Waals surface area contributed by atoms with Crippen LogP contribution in [-0.4, -0.2) is 26.2 Å². The van der Waals surface area contributed by atoms with Crippen molar-refractivity contribution in [1.82, 2.24) is 0 Å². The van der Waals surface area contributed by atoms with Crippen molar-refractivity contribution in [2.75, 3.05) is 31.1 Å². The third-order valence-electron chi connectivity index (χ3n) is 4.37. The fraction of sp³-hybridized carbons (Fsp3) is 0.333. The maximum atomic E-state index is 13.0. The molecule has 1 N–H and O–H groups in total. The highest BCUT2D eigenvalue weighted by Gasteiger charge is 2.30. The molecule has 2 nitrogen and oxygen atoms in total. The maximum absolute atomic E-state index is 13.0. The van der Waals surface area contributed by atoms with Crippen LogP contribution in [0.5, 0.6) is 0 Å². The van der Waals surface area contributed by atoms with E-state index in [2.05, 4.69) is 4.90 Å². The van der Waals surface area contributed by atoms with Gasteiger partial charge in [0.1, 0.15) is 12.4 Å². The Hall–Kier alpha value is -2.08. The molecule has 0 bridgehead atoms. The molecule has 1 fully saturated rings. The summed E-state index contributed by atoms with van der Waals surface area (Å²) in [5.41, 5.74) is 1.09. The van der Waals surface area contributed by atoms with Crippen molar-refractivity contribution in [3.8, 4) is 0 Å². The van der Waals surface area contributed by atoms with Gasteiger partial charge in [-0.05, 0) is 36.4 Å². The zero-order chi connectivity index (χ0) is 17.2. The molecule has 0 amide bonds. The number of quaternary nitrogens is 1. The Balaban J connectivity index is 1.58. The highest BCUT2D eigenvalue weighted by Crippen LogP contribution is 2.29. The summed E-state index contributed by atoms with van der Waals surface area (Å²) in [5, 5.41) is 0. The average molecular weight is 339 g/mol. The number of benzene rings is 2. The molecule has 2 aromatic rings. The minimum Gasteiger partial charge on any atom is -0.360 e. The number of hydrogen-bond donors (Lipinski definition) is 1. The molecule has 128 valence electrons. The molecule has 0 spiro atoms. The first kappa shape index (κ1) is 16.8. The van der Waals surface area contributed by atoms with Gasteiger partial charge in [0, 0.05) is 11.3 Å². The van der Waals surface area contributed by atoms with Gasteiger partial charge in [0.15, 0.2) is 0 Å². The Morgan fingerprint density at radius 1 is 0.958 bits per heavy atom. The number of nitrogens with one attached hydrogen (secondary N) is 1. The Labute approximate surface area is 138 Å². The van der Waals surface area contributed by atoms with E-state index in [0.29, 0.717) is 12.1 Å². The summed E-state index contributed by atoms with van der Waals surface area (Å²) in [5.74, 6) is -0.257. The molecular formula is C18H19F4N2+. The molecule has 0 saturated carbocycles. The molecule has 1 heterocycles. The van der Waals surface area contributed by atoms with Crippen molar-refractivity contribution < 1.29 is 22.5 Å². The third-order valence-corrected chi connectivity index (χ3v) is 4.37. The molecule has 24 heavy (non-hydrogen) atoms. The van der Waals surface area contributed by atoms with E-state index in [1.54, 1.807) is 18.2 Å². The molecule has 1 saturated heterocycles. The molecular weight excluding hydrogens is 320 g/mol. The second-order valence-corrected chi connectivity index (χ2v) is 6.09. The molecule has 0 atom stereocenters. The molecule has 0 aliphatic carbocycles. The number of anilines is 1. The molecule has 2 aromatic carbocycles. The van der Waals surface area contributed by atoms with Crippen LogP contribution in [0.15, 0.2) is 48.5 Å². The number of halogens is 4. The van der Waals surface area contributed by atoms with Gasteiger partial charge in [-0.2, -0.15) is 13.2 Å². The van der Waals surface area contributed by atoms with E-state index < -0.39 is 11.7 Å². The fourth-order valence-electron chi connectivity index (χ4n) is 3.06. The minimum atomic E-state index is -4.30. The van der Waals surface area contributed by atoms with E-state index in [1.807, 2.05) is 0 Å². The predicted octanol–water partition coefficient (Wildman–Crippen LogP) is 2.75.